The predicted octanol–water partition coefficient (Wildman–Crippen LogP) is 4.55. The van der Waals surface area contributed by atoms with E-state index in [-0.39, 0.29) is 0 Å². The fourth-order valence-corrected chi connectivity index (χ4v) is 1.83. The van der Waals surface area contributed by atoms with Crippen molar-refractivity contribution in [3.8, 4) is 11.1 Å². The smallest absolute Gasteiger partial charge is 0.0598 e. The van der Waals surface area contributed by atoms with E-state index in [4.69, 9.17) is 28.9 Å². The van der Waals surface area contributed by atoms with Gasteiger partial charge in [-0.3, -0.25) is 0 Å². The van der Waals surface area contributed by atoms with Gasteiger partial charge in [-0.05, 0) is 47.9 Å². The quantitative estimate of drug-likeness (QED) is 0.740. The summed E-state index contributed by atoms with van der Waals surface area (Å²) in [6.07, 6.45) is 0. The number of benzene rings is 2. The summed E-state index contributed by atoms with van der Waals surface area (Å²) in [7, 11) is 0. The van der Waals surface area contributed by atoms with Crippen LogP contribution in [-0.2, 0) is 0 Å². The van der Waals surface area contributed by atoms with Crippen LogP contribution in [0.2, 0.25) is 10.0 Å². The van der Waals surface area contributed by atoms with Gasteiger partial charge in [0.25, 0.3) is 0 Å². The second-order valence-corrected chi connectivity index (χ2v) is 4.51. The molecular formula is C13H11Cl2N. The molecule has 0 atom stereocenters. The van der Waals surface area contributed by atoms with Gasteiger partial charge in [0.15, 0.2) is 0 Å². The highest BCUT2D eigenvalue weighted by Crippen LogP contribution is 2.29. The normalized spacial score (nSPS) is 10.4. The summed E-state index contributed by atoms with van der Waals surface area (Å²) in [6.45, 7) is 1.98. The van der Waals surface area contributed by atoms with Gasteiger partial charge in [-0.25, -0.2) is 0 Å². The van der Waals surface area contributed by atoms with Gasteiger partial charge in [0, 0.05) is 5.69 Å². The van der Waals surface area contributed by atoms with Crippen molar-refractivity contribution in [3.63, 3.8) is 0 Å². The van der Waals surface area contributed by atoms with E-state index in [0.29, 0.717) is 10.0 Å². The molecule has 0 aliphatic carbocycles. The fraction of sp³-hybridized carbons (Fsp3) is 0.0769. The summed E-state index contributed by atoms with van der Waals surface area (Å²) >= 11 is 11.9. The van der Waals surface area contributed by atoms with Crippen LogP contribution >= 0.6 is 23.2 Å². The highest BCUT2D eigenvalue weighted by atomic mass is 35.5. The van der Waals surface area contributed by atoms with E-state index in [1.54, 1.807) is 6.07 Å². The maximum Gasteiger partial charge on any atom is 0.0598 e. The predicted molar refractivity (Wildman–Crippen MR) is 71.0 cm³/mol. The van der Waals surface area contributed by atoms with E-state index < -0.39 is 0 Å². The van der Waals surface area contributed by atoms with Crippen molar-refractivity contribution in [1.29, 1.82) is 0 Å². The lowest BCUT2D eigenvalue weighted by Gasteiger charge is -2.06. The van der Waals surface area contributed by atoms with Crippen molar-refractivity contribution in [1.82, 2.24) is 0 Å². The zero-order chi connectivity index (χ0) is 11.7. The van der Waals surface area contributed by atoms with Gasteiger partial charge in [0.1, 0.15) is 0 Å². The highest BCUT2D eigenvalue weighted by Gasteiger charge is 2.03. The first-order chi connectivity index (χ1) is 7.58. The van der Waals surface area contributed by atoms with Gasteiger partial charge in [0.2, 0.25) is 0 Å². The average molecular weight is 252 g/mol. The van der Waals surface area contributed by atoms with Crippen molar-refractivity contribution in [2.45, 2.75) is 6.92 Å². The van der Waals surface area contributed by atoms with Crippen molar-refractivity contribution in [2.24, 2.45) is 0 Å². The third kappa shape index (κ3) is 2.16. The minimum Gasteiger partial charge on any atom is -0.399 e. The Morgan fingerprint density at radius 2 is 1.50 bits per heavy atom. The Bertz CT molecular complexity index is 486. The molecule has 82 valence electrons. The monoisotopic (exact) mass is 251 g/mol. The Morgan fingerprint density at radius 1 is 0.875 bits per heavy atom. The molecule has 0 fully saturated rings. The van der Waals surface area contributed by atoms with Crippen LogP contribution in [0.15, 0.2) is 36.4 Å². The van der Waals surface area contributed by atoms with E-state index in [2.05, 4.69) is 0 Å². The molecule has 0 aliphatic heterocycles. The molecule has 0 radical (unpaired) electrons. The highest BCUT2D eigenvalue weighted by molar-refractivity contribution is 6.42. The van der Waals surface area contributed by atoms with E-state index >= 15 is 0 Å². The van der Waals surface area contributed by atoms with E-state index in [1.807, 2.05) is 37.3 Å². The first-order valence-electron chi connectivity index (χ1n) is 4.89. The molecule has 0 unspecified atom stereocenters. The molecular weight excluding hydrogens is 241 g/mol. The van der Waals surface area contributed by atoms with Crippen LogP contribution in [0.5, 0.6) is 0 Å². The van der Waals surface area contributed by atoms with Crippen LogP contribution in [-0.4, -0.2) is 0 Å². The van der Waals surface area contributed by atoms with Gasteiger partial charge in [-0.1, -0.05) is 35.3 Å². The molecule has 16 heavy (non-hydrogen) atoms. The van der Waals surface area contributed by atoms with Gasteiger partial charge in [-0.2, -0.15) is 0 Å². The minimum atomic E-state index is 0.564. The number of nitrogens with two attached hydrogens (primary N) is 1. The molecule has 3 heteroatoms. The van der Waals surface area contributed by atoms with Crippen LogP contribution in [0.3, 0.4) is 0 Å². The SMILES string of the molecule is Cc1cc(-c2ccc(Cl)c(Cl)c2)ccc1N. The van der Waals surface area contributed by atoms with E-state index in [9.17, 15) is 0 Å². The van der Waals surface area contributed by atoms with E-state index in [1.165, 1.54) is 0 Å². The summed E-state index contributed by atoms with van der Waals surface area (Å²) in [5, 5.41) is 1.13. The third-order valence-electron chi connectivity index (χ3n) is 2.52. The number of halogens is 2. The molecule has 2 aromatic carbocycles. The van der Waals surface area contributed by atoms with Crippen molar-refractivity contribution < 1.29 is 0 Å². The van der Waals surface area contributed by atoms with Gasteiger partial charge in [-0.15, -0.1) is 0 Å². The van der Waals surface area contributed by atoms with Gasteiger partial charge in [0.05, 0.1) is 10.0 Å². The number of hydrogen-bond donors (Lipinski definition) is 1. The number of rotatable bonds is 1. The maximum atomic E-state index is 5.98. The summed E-state index contributed by atoms with van der Waals surface area (Å²) in [6, 6.07) is 11.5. The maximum absolute atomic E-state index is 5.98. The second kappa shape index (κ2) is 4.36. The van der Waals surface area contributed by atoms with Crippen LogP contribution in [0.25, 0.3) is 11.1 Å². The first kappa shape index (κ1) is 11.3. The topological polar surface area (TPSA) is 26.0 Å². The molecule has 0 aromatic heterocycles. The lowest BCUT2D eigenvalue weighted by molar-refractivity contribution is 1.46. The molecule has 0 saturated carbocycles. The van der Waals surface area contributed by atoms with Crippen LogP contribution < -0.4 is 5.73 Å². The minimum absolute atomic E-state index is 0.564. The standard InChI is InChI=1S/C13H11Cl2N/c1-8-6-9(3-5-13(8)16)10-2-4-11(14)12(15)7-10/h2-7H,16H2,1H3. The third-order valence-corrected chi connectivity index (χ3v) is 3.26. The van der Waals surface area contributed by atoms with Crippen molar-refractivity contribution >= 4 is 28.9 Å². The Labute approximate surface area is 105 Å². The molecule has 0 amide bonds. The fourth-order valence-electron chi connectivity index (χ4n) is 1.53. The van der Waals surface area contributed by atoms with Gasteiger partial charge >= 0.3 is 0 Å². The largest absolute Gasteiger partial charge is 0.399 e. The lowest BCUT2D eigenvalue weighted by Crippen LogP contribution is -1.89. The Hall–Kier alpha value is -1.18. The summed E-state index contributed by atoms with van der Waals surface area (Å²) in [5.41, 5.74) is 9.76. The Kier molecular flexibility index (Phi) is 3.08. The van der Waals surface area contributed by atoms with Crippen LogP contribution in [0, 0.1) is 6.92 Å². The lowest BCUT2D eigenvalue weighted by atomic mass is 10.0. The Morgan fingerprint density at radius 3 is 2.12 bits per heavy atom. The summed E-state index contributed by atoms with van der Waals surface area (Å²) in [4.78, 5) is 0. The molecule has 2 rings (SSSR count). The molecule has 0 heterocycles. The summed E-state index contributed by atoms with van der Waals surface area (Å²) in [5.74, 6) is 0. The molecule has 0 spiro atoms. The molecule has 0 bridgehead atoms. The first-order valence-corrected chi connectivity index (χ1v) is 5.65. The molecule has 0 saturated heterocycles. The number of anilines is 1. The molecule has 1 nitrogen and oxygen atoms in total. The number of hydrogen-bond acceptors (Lipinski definition) is 1. The molecule has 0 aliphatic rings. The zero-order valence-corrected chi connectivity index (χ0v) is 10.3. The average Bonchev–Trinajstić information content (AvgIpc) is 2.26. The molecule has 2 aromatic rings. The number of aryl methyl sites for hydroxylation is 1. The second-order valence-electron chi connectivity index (χ2n) is 3.70. The summed E-state index contributed by atoms with van der Waals surface area (Å²) < 4.78 is 0. The molecule has 2 N–H and O–H groups in total. The van der Waals surface area contributed by atoms with Crippen molar-refractivity contribution in [3.05, 3.63) is 52.0 Å². The van der Waals surface area contributed by atoms with Crippen LogP contribution in [0.1, 0.15) is 5.56 Å². The number of nitrogen functional groups attached to an aromatic ring is 1. The van der Waals surface area contributed by atoms with Crippen molar-refractivity contribution in [2.75, 3.05) is 5.73 Å². The van der Waals surface area contributed by atoms with Gasteiger partial charge < -0.3 is 5.73 Å². The van der Waals surface area contributed by atoms with E-state index in [0.717, 1.165) is 22.4 Å². The van der Waals surface area contributed by atoms with Crippen LogP contribution in [0.4, 0.5) is 5.69 Å². The zero-order valence-electron chi connectivity index (χ0n) is 8.80. The Balaban J connectivity index is 2.50.